The third kappa shape index (κ3) is 4.97. The first kappa shape index (κ1) is 13.5. The van der Waals surface area contributed by atoms with E-state index in [1.807, 2.05) is 0 Å². The molecule has 1 aliphatic heterocycles. The molecule has 0 aromatic heterocycles. The molecule has 0 saturated carbocycles. The third-order valence-electron chi connectivity index (χ3n) is 3.21. The Labute approximate surface area is 99.4 Å². The minimum Gasteiger partial charge on any atom is -0.356 e. The van der Waals surface area contributed by atoms with Gasteiger partial charge in [-0.05, 0) is 31.6 Å². The average Bonchev–Trinajstić information content (AvgIpc) is 2.16. The minimum absolute atomic E-state index is 0.177. The molecule has 1 heterocycles. The molecule has 0 aliphatic carbocycles. The van der Waals surface area contributed by atoms with Crippen molar-refractivity contribution in [1.29, 1.82) is 0 Å². The summed E-state index contributed by atoms with van der Waals surface area (Å²) >= 11 is 0. The molecule has 0 spiro atoms. The third-order valence-corrected chi connectivity index (χ3v) is 3.21. The zero-order valence-corrected chi connectivity index (χ0v) is 11.1. The zero-order chi connectivity index (χ0) is 12.2. The number of nitrogens with one attached hydrogen (secondary N) is 2. The average molecular weight is 226 g/mol. The van der Waals surface area contributed by atoms with Gasteiger partial charge in [0.2, 0.25) is 5.91 Å². The molecule has 0 radical (unpaired) electrons. The van der Waals surface area contributed by atoms with E-state index in [2.05, 4.69) is 38.3 Å². The molecule has 94 valence electrons. The van der Waals surface area contributed by atoms with E-state index in [4.69, 9.17) is 0 Å². The Balaban J connectivity index is 2.20. The number of rotatable bonds is 3. The summed E-state index contributed by atoms with van der Waals surface area (Å²) in [6, 6.07) is 0.568. The van der Waals surface area contributed by atoms with E-state index in [0.717, 1.165) is 32.4 Å². The first-order valence-electron chi connectivity index (χ1n) is 6.39. The lowest BCUT2D eigenvalue weighted by Crippen LogP contribution is -2.44. The Bertz CT molecular complexity index is 225. The van der Waals surface area contributed by atoms with Crippen LogP contribution < -0.4 is 10.6 Å². The predicted octanol–water partition coefficient (Wildman–Crippen LogP) is 1.93. The van der Waals surface area contributed by atoms with Gasteiger partial charge in [-0.15, -0.1) is 0 Å². The molecule has 3 nitrogen and oxygen atoms in total. The van der Waals surface area contributed by atoms with Gasteiger partial charge in [-0.3, -0.25) is 4.79 Å². The summed E-state index contributed by atoms with van der Waals surface area (Å²) in [6.45, 7) is 10.4. The van der Waals surface area contributed by atoms with E-state index < -0.39 is 0 Å². The fourth-order valence-corrected chi connectivity index (χ4v) is 1.93. The molecule has 2 atom stereocenters. The summed E-state index contributed by atoms with van der Waals surface area (Å²) in [6.07, 6.45) is 3.17. The first-order valence-corrected chi connectivity index (χ1v) is 6.39. The smallest absolute Gasteiger partial charge is 0.224 e. The van der Waals surface area contributed by atoms with Gasteiger partial charge in [0.05, 0.1) is 5.92 Å². The van der Waals surface area contributed by atoms with Crippen molar-refractivity contribution in [3.63, 3.8) is 0 Å². The number of amides is 1. The highest BCUT2D eigenvalue weighted by Crippen LogP contribution is 2.18. The quantitative estimate of drug-likeness (QED) is 0.772. The van der Waals surface area contributed by atoms with Crippen LogP contribution >= 0.6 is 0 Å². The van der Waals surface area contributed by atoms with Crippen molar-refractivity contribution < 1.29 is 4.79 Å². The normalized spacial score (nSPS) is 26.5. The van der Waals surface area contributed by atoms with Gasteiger partial charge in [-0.25, -0.2) is 0 Å². The van der Waals surface area contributed by atoms with Crippen LogP contribution in [-0.2, 0) is 4.79 Å². The second-order valence-electron chi connectivity index (χ2n) is 6.19. The molecule has 1 aliphatic rings. The summed E-state index contributed by atoms with van der Waals surface area (Å²) in [5, 5.41) is 6.40. The Morgan fingerprint density at radius 1 is 1.38 bits per heavy atom. The van der Waals surface area contributed by atoms with Gasteiger partial charge in [0.15, 0.2) is 0 Å². The van der Waals surface area contributed by atoms with Crippen LogP contribution in [0.3, 0.4) is 0 Å². The van der Waals surface area contributed by atoms with Crippen molar-refractivity contribution in [2.24, 2.45) is 11.3 Å². The molecule has 16 heavy (non-hydrogen) atoms. The second kappa shape index (κ2) is 5.67. The molecule has 1 rings (SSSR count). The number of hydrogen-bond acceptors (Lipinski definition) is 2. The summed E-state index contributed by atoms with van der Waals surface area (Å²) in [4.78, 5) is 11.8. The van der Waals surface area contributed by atoms with Crippen molar-refractivity contribution in [2.45, 2.75) is 53.0 Å². The maximum atomic E-state index is 11.8. The fraction of sp³-hybridized carbons (Fsp3) is 0.923. The van der Waals surface area contributed by atoms with Crippen molar-refractivity contribution in [3.05, 3.63) is 0 Å². The topological polar surface area (TPSA) is 41.1 Å². The van der Waals surface area contributed by atoms with Crippen molar-refractivity contribution in [2.75, 3.05) is 13.1 Å². The van der Waals surface area contributed by atoms with Gasteiger partial charge in [0.1, 0.15) is 0 Å². The molecule has 1 saturated heterocycles. The monoisotopic (exact) mass is 226 g/mol. The van der Waals surface area contributed by atoms with Crippen LogP contribution in [0.5, 0.6) is 0 Å². The highest BCUT2D eigenvalue weighted by Gasteiger charge is 2.23. The maximum absolute atomic E-state index is 11.8. The molecule has 2 N–H and O–H groups in total. The SMILES string of the molecule is CC1CCC(C(=O)NCCC(C)(C)C)CN1. The van der Waals surface area contributed by atoms with E-state index in [9.17, 15) is 4.79 Å². The van der Waals surface area contributed by atoms with Gasteiger partial charge in [0.25, 0.3) is 0 Å². The molecular weight excluding hydrogens is 200 g/mol. The van der Waals surface area contributed by atoms with Gasteiger partial charge in [-0.2, -0.15) is 0 Å². The second-order valence-corrected chi connectivity index (χ2v) is 6.19. The van der Waals surface area contributed by atoms with E-state index in [-0.39, 0.29) is 11.8 Å². The van der Waals surface area contributed by atoms with Crippen LogP contribution in [0.15, 0.2) is 0 Å². The number of hydrogen-bond donors (Lipinski definition) is 2. The largest absolute Gasteiger partial charge is 0.356 e. The molecule has 0 aromatic rings. The lowest BCUT2D eigenvalue weighted by Gasteiger charge is -2.27. The van der Waals surface area contributed by atoms with Crippen LogP contribution in [0.4, 0.5) is 0 Å². The Morgan fingerprint density at radius 2 is 2.06 bits per heavy atom. The lowest BCUT2D eigenvalue weighted by atomic mass is 9.91. The van der Waals surface area contributed by atoms with Crippen LogP contribution in [-0.4, -0.2) is 25.0 Å². The fourth-order valence-electron chi connectivity index (χ4n) is 1.93. The Kier molecular flexibility index (Phi) is 4.78. The standard InChI is InChI=1S/C13H26N2O/c1-10-5-6-11(9-15-10)12(16)14-8-7-13(2,3)4/h10-11,15H,5-9H2,1-4H3,(H,14,16). The predicted molar refractivity (Wildman–Crippen MR) is 67.3 cm³/mol. The highest BCUT2D eigenvalue weighted by molar-refractivity contribution is 5.78. The number of carbonyl (C=O) groups excluding carboxylic acids is 1. The summed E-state index contributed by atoms with van der Waals surface area (Å²) < 4.78 is 0. The first-order chi connectivity index (χ1) is 7.38. The zero-order valence-electron chi connectivity index (χ0n) is 11.1. The van der Waals surface area contributed by atoms with Gasteiger partial charge in [-0.1, -0.05) is 20.8 Å². The molecule has 3 heteroatoms. The molecule has 1 amide bonds. The molecular formula is C13H26N2O. The van der Waals surface area contributed by atoms with Crippen LogP contribution in [0.25, 0.3) is 0 Å². The Morgan fingerprint density at radius 3 is 2.56 bits per heavy atom. The lowest BCUT2D eigenvalue weighted by molar-refractivity contribution is -0.125. The number of piperidine rings is 1. The van der Waals surface area contributed by atoms with Crippen LogP contribution in [0.2, 0.25) is 0 Å². The number of carbonyl (C=O) groups is 1. The van der Waals surface area contributed by atoms with Gasteiger partial charge in [0, 0.05) is 19.1 Å². The molecule has 2 unspecified atom stereocenters. The Hall–Kier alpha value is -0.570. The highest BCUT2D eigenvalue weighted by atomic mass is 16.1. The molecule has 1 fully saturated rings. The van der Waals surface area contributed by atoms with Crippen molar-refractivity contribution in [3.8, 4) is 0 Å². The van der Waals surface area contributed by atoms with E-state index in [0.29, 0.717) is 11.5 Å². The summed E-state index contributed by atoms with van der Waals surface area (Å²) in [5.74, 6) is 0.403. The van der Waals surface area contributed by atoms with E-state index >= 15 is 0 Å². The van der Waals surface area contributed by atoms with Gasteiger partial charge < -0.3 is 10.6 Å². The van der Waals surface area contributed by atoms with Crippen LogP contribution in [0, 0.1) is 11.3 Å². The molecule has 0 bridgehead atoms. The van der Waals surface area contributed by atoms with Gasteiger partial charge >= 0.3 is 0 Å². The minimum atomic E-state index is 0.177. The van der Waals surface area contributed by atoms with Crippen LogP contribution in [0.1, 0.15) is 47.0 Å². The summed E-state index contributed by atoms with van der Waals surface area (Å²) in [7, 11) is 0. The van der Waals surface area contributed by atoms with Crippen molar-refractivity contribution >= 4 is 5.91 Å². The van der Waals surface area contributed by atoms with E-state index in [1.54, 1.807) is 0 Å². The van der Waals surface area contributed by atoms with E-state index in [1.165, 1.54) is 0 Å². The molecule has 0 aromatic carbocycles. The van der Waals surface area contributed by atoms with Crippen molar-refractivity contribution in [1.82, 2.24) is 10.6 Å². The summed E-state index contributed by atoms with van der Waals surface area (Å²) in [5.41, 5.74) is 0.298. The maximum Gasteiger partial charge on any atom is 0.224 e.